The topological polar surface area (TPSA) is 29.3 Å². The molecule has 0 radical (unpaired) electrons. The molecule has 1 saturated carbocycles. The Morgan fingerprint density at radius 2 is 1.84 bits per heavy atom. The highest BCUT2D eigenvalue weighted by atomic mass is 19.1. The fourth-order valence-corrected chi connectivity index (χ4v) is 3.32. The zero-order valence-electron chi connectivity index (χ0n) is 12.2. The maximum absolute atomic E-state index is 14.0. The zero-order valence-corrected chi connectivity index (χ0v) is 12.2. The van der Waals surface area contributed by atoms with Crippen LogP contribution in [0.5, 0.6) is 0 Å². The van der Waals surface area contributed by atoms with Gasteiger partial charge in [-0.2, -0.15) is 0 Å². The predicted octanol–water partition coefficient (Wildman–Crippen LogP) is 3.34. The van der Waals surface area contributed by atoms with E-state index in [1.807, 2.05) is 12.1 Å². The lowest BCUT2D eigenvalue weighted by Gasteiger charge is -2.48. The van der Waals surface area contributed by atoms with Gasteiger partial charge in [0.2, 0.25) is 0 Å². The molecule has 0 aliphatic heterocycles. The van der Waals surface area contributed by atoms with Crippen molar-refractivity contribution in [2.24, 2.45) is 11.7 Å². The molecule has 3 heteroatoms. The van der Waals surface area contributed by atoms with Crippen molar-refractivity contribution >= 4 is 0 Å². The first kappa shape index (κ1) is 14.5. The monoisotopic (exact) mass is 264 g/mol. The molecule has 0 heterocycles. The van der Waals surface area contributed by atoms with Gasteiger partial charge in [0.15, 0.2) is 0 Å². The van der Waals surface area contributed by atoms with Gasteiger partial charge in [-0.05, 0) is 51.8 Å². The van der Waals surface area contributed by atoms with Gasteiger partial charge in [-0.15, -0.1) is 0 Å². The van der Waals surface area contributed by atoms with Gasteiger partial charge >= 0.3 is 0 Å². The van der Waals surface area contributed by atoms with E-state index in [0.29, 0.717) is 5.56 Å². The summed E-state index contributed by atoms with van der Waals surface area (Å²) in [7, 11) is 4.13. The van der Waals surface area contributed by atoms with Gasteiger partial charge in [0, 0.05) is 11.1 Å². The van der Waals surface area contributed by atoms with Gasteiger partial charge < -0.3 is 10.6 Å². The molecule has 1 aromatic rings. The standard InChI is InChI=1S/C16H25FN2/c1-12-8-10-16(11-9-12,19(2)3)15(18)13-6-4-5-7-14(13)17/h4-7,12,15H,8-11,18H2,1-3H3. The third-order valence-electron chi connectivity index (χ3n) is 4.85. The molecule has 19 heavy (non-hydrogen) atoms. The minimum absolute atomic E-state index is 0.116. The summed E-state index contributed by atoms with van der Waals surface area (Å²) in [5, 5.41) is 0. The number of hydrogen-bond acceptors (Lipinski definition) is 2. The lowest BCUT2D eigenvalue weighted by molar-refractivity contribution is 0.0553. The van der Waals surface area contributed by atoms with Gasteiger partial charge in [-0.25, -0.2) is 4.39 Å². The molecule has 106 valence electrons. The summed E-state index contributed by atoms with van der Waals surface area (Å²) in [6.45, 7) is 2.29. The van der Waals surface area contributed by atoms with Crippen molar-refractivity contribution in [3.05, 3.63) is 35.6 Å². The lowest BCUT2D eigenvalue weighted by Crippen LogP contribution is -2.54. The summed E-state index contributed by atoms with van der Waals surface area (Å²) in [6, 6.07) is 6.65. The largest absolute Gasteiger partial charge is 0.322 e. The van der Waals surface area contributed by atoms with E-state index in [-0.39, 0.29) is 17.4 Å². The van der Waals surface area contributed by atoms with Crippen molar-refractivity contribution in [2.75, 3.05) is 14.1 Å². The molecule has 0 saturated heterocycles. The number of nitrogens with two attached hydrogens (primary N) is 1. The van der Waals surface area contributed by atoms with E-state index in [4.69, 9.17) is 5.73 Å². The Hall–Kier alpha value is -0.930. The molecule has 1 aromatic carbocycles. The van der Waals surface area contributed by atoms with Gasteiger partial charge in [-0.3, -0.25) is 0 Å². The minimum Gasteiger partial charge on any atom is -0.322 e. The first-order chi connectivity index (χ1) is 8.97. The first-order valence-corrected chi connectivity index (χ1v) is 7.15. The Kier molecular flexibility index (Phi) is 4.26. The number of hydrogen-bond donors (Lipinski definition) is 1. The van der Waals surface area contributed by atoms with Crippen LogP contribution in [0.25, 0.3) is 0 Å². The molecule has 0 amide bonds. The van der Waals surface area contributed by atoms with Gasteiger partial charge in [0.05, 0.1) is 6.04 Å². The van der Waals surface area contributed by atoms with Crippen molar-refractivity contribution in [2.45, 2.75) is 44.2 Å². The van der Waals surface area contributed by atoms with Crippen molar-refractivity contribution in [1.82, 2.24) is 4.90 Å². The molecule has 0 aromatic heterocycles. The molecular formula is C16H25FN2. The lowest BCUT2D eigenvalue weighted by atomic mass is 9.70. The molecule has 0 bridgehead atoms. The molecular weight excluding hydrogens is 239 g/mol. The Morgan fingerprint density at radius 1 is 1.26 bits per heavy atom. The molecule has 0 spiro atoms. The molecule has 1 atom stereocenters. The Balaban J connectivity index is 2.32. The molecule has 2 rings (SSSR count). The van der Waals surface area contributed by atoms with Crippen LogP contribution in [-0.4, -0.2) is 24.5 Å². The van der Waals surface area contributed by atoms with E-state index in [0.717, 1.165) is 18.8 Å². The summed E-state index contributed by atoms with van der Waals surface area (Å²) in [5.41, 5.74) is 7.00. The van der Waals surface area contributed by atoms with Crippen LogP contribution in [0.15, 0.2) is 24.3 Å². The van der Waals surface area contributed by atoms with Crippen LogP contribution >= 0.6 is 0 Å². The smallest absolute Gasteiger partial charge is 0.128 e. The highest BCUT2D eigenvalue weighted by molar-refractivity contribution is 5.25. The zero-order chi connectivity index (χ0) is 14.0. The van der Waals surface area contributed by atoms with E-state index in [1.54, 1.807) is 6.07 Å². The van der Waals surface area contributed by atoms with Crippen LogP contribution in [0.1, 0.15) is 44.2 Å². The maximum Gasteiger partial charge on any atom is 0.128 e. The Bertz CT molecular complexity index is 423. The molecule has 1 fully saturated rings. The van der Waals surface area contributed by atoms with Gasteiger partial charge in [0.1, 0.15) is 5.82 Å². The van der Waals surface area contributed by atoms with Crippen molar-refractivity contribution in [3.8, 4) is 0 Å². The van der Waals surface area contributed by atoms with E-state index >= 15 is 0 Å². The van der Waals surface area contributed by atoms with Crippen LogP contribution in [0.4, 0.5) is 4.39 Å². The predicted molar refractivity (Wildman–Crippen MR) is 77.4 cm³/mol. The van der Waals surface area contributed by atoms with Crippen molar-refractivity contribution in [3.63, 3.8) is 0 Å². The fraction of sp³-hybridized carbons (Fsp3) is 0.625. The maximum atomic E-state index is 14.0. The van der Waals surface area contributed by atoms with Crippen LogP contribution < -0.4 is 5.73 Å². The SMILES string of the molecule is CC1CCC(C(N)c2ccccc2F)(N(C)C)CC1. The van der Waals surface area contributed by atoms with Crippen LogP contribution in [0.2, 0.25) is 0 Å². The molecule has 2 N–H and O–H groups in total. The second-order valence-electron chi connectivity index (χ2n) is 6.18. The van der Waals surface area contributed by atoms with Crippen molar-refractivity contribution < 1.29 is 4.39 Å². The summed E-state index contributed by atoms with van der Waals surface area (Å²) < 4.78 is 14.0. The van der Waals surface area contributed by atoms with Gasteiger partial charge in [-0.1, -0.05) is 25.1 Å². The minimum atomic E-state index is -0.267. The van der Waals surface area contributed by atoms with Crippen LogP contribution in [0, 0.1) is 11.7 Å². The molecule has 2 nitrogen and oxygen atoms in total. The fourth-order valence-electron chi connectivity index (χ4n) is 3.32. The van der Waals surface area contributed by atoms with E-state index in [9.17, 15) is 4.39 Å². The summed E-state index contributed by atoms with van der Waals surface area (Å²) in [5.74, 6) is 0.566. The summed E-state index contributed by atoms with van der Waals surface area (Å²) in [6.07, 6.45) is 4.41. The third-order valence-corrected chi connectivity index (χ3v) is 4.85. The molecule has 1 aliphatic rings. The van der Waals surface area contributed by atoms with E-state index in [2.05, 4.69) is 25.9 Å². The number of likely N-dealkylation sites (N-methyl/N-ethyl adjacent to an activating group) is 1. The average molecular weight is 264 g/mol. The summed E-state index contributed by atoms with van der Waals surface area (Å²) in [4.78, 5) is 2.20. The van der Waals surface area contributed by atoms with Crippen LogP contribution in [-0.2, 0) is 0 Å². The quantitative estimate of drug-likeness (QED) is 0.907. The number of nitrogens with zero attached hydrogens (tertiary/aromatic N) is 1. The van der Waals surface area contributed by atoms with Gasteiger partial charge in [0.25, 0.3) is 0 Å². The van der Waals surface area contributed by atoms with Crippen LogP contribution in [0.3, 0.4) is 0 Å². The number of benzene rings is 1. The highest BCUT2D eigenvalue weighted by Gasteiger charge is 2.42. The second-order valence-corrected chi connectivity index (χ2v) is 6.18. The van der Waals surface area contributed by atoms with E-state index in [1.165, 1.54) is 18.9 Å². The van der Waals surface area contributed by atoms with E-state index < -0.39 is 0 Å². The summed E-state index contributed by atoms with van der Waals surface area (Å²) >= 11 is 0. The number of rotatable bonds is 3. The van der Waals surface area contributed by atoms with Crippen molar-refractivity contribution in [1.29, 1.82) is 0 Å². The third kappa shape index (κ3) is 2.67. The number of halogens is 1. The Morgan fingerprint density at radius 3 is 2.37 bits per heavy atom. The first-order valence-electron chi connectivity index (χ1n) is 7.15. The molecule has 1 unspecified atom stereocenters. The Labute approximate surface area is 115 Å². The highest BCUT2D eigenvalue weighted by Crippen LogP contribution is 2.42. The average Bonchev–Trinajstić information content (AvgIpc) is 2.39. The second kappa shape index (κ2) is 5.59. The normalized spacial score (nSPS) is 29.5. The molecule has 1 aliphatic carbocycles.